The molecule has 2 heteroatoms. The Morgan fingerprint density at radius 1 is 1.70 bits per heavy atom. The highest BCUT2D eigenvalue weighted by atomic mass is 16.5. The van der Waals surface area contributed by atoms with Gasteiger partial charge in [-0.3, -0.25) is 0 Å². The second kappa shape index (κ2) is 6.08. The van der Waals surface area contributed by atoms with Crippen LogP contribution in [-0.4, -0.2) is 12.6 Å². The molecule has 0 rings (SSSR count). The quantitative estimate of drug-likeness (QED) is 0.342. The second-order valence-electron chi connectivity index (χ2n) is 1.67. The van der Waals surface area contributed by atoms with Crippen molar-refractivity contribution in [2.45, 2.75) is 14.4 Å². The van der Waals surface area contributed by atoms with Crippen LogP contribution in [-0.2, 0) is 9.53 Å². The molecule has 0 bridgehead atoms. The summed E-state index contributed by atoms with van der Waals surface area (Å²) in [5.74, 6) is -0.366. The van der Waals surface area contributed by atoms with Gasteiger partial charge in [-0.1, -0.05) is 26.7 Å². The lowest BCUT2D eigenvalue weighted by molar-refractivity contribution is -0.137. The van der Waals surface area contributed by atoms with Crippen LogP contribution in [0.4, 0.5) is 0 Å². The fourth-order valence-electron chi connectivity index (χ4n) is 0.258. The van der Waals surface area contributed by atoms with E-state index in [1.54, 1.807) is 6.92 Å². The van der Waals surface area contributed by atoms with Crippen LogP contribution in [0.2, 0.25) is 0 Å². The maximum Gasteiger partial charge on any atom is 0.333 e. The van der Waals surface area contributed by atoms with Gasteiger partial charge in [0, 0.05) is 5.57 Å². The third-order valence-corrected chi connectivity index (χ3v) is 0.681. The Kier molecular flexibility index (Phi) is 7.12. The zero-order valence-corrected chi connectivity index (χ0v) is 5.52. The number of hydrogen-bond donors (Lipinski definition) is 0. The van der Waals surface area contributed by atoms with Crippen molar-refractivity contribution >= 4 is 5.97 Å². The van der Waals surface area contributed by atoms with Gasteiger partial charge in [-0.2, -0.15) is 0 Å². The molecule has 0 unspecified atom stereocenters. The van der Waals surface area contributed by atoms with E-state index in [9.17, 15) is 4.79 Å². The Bertz CT molecular complexity index is 136. The highest BCUT2D eigenvalue weighted by Gasteiger charge is 1.98. The molecule has 0 fully saturated rings. The predicted molar refractivity (Wildman–Crippen MR) is 42.7 cm³/mol. The van der Waals surface area contributed by atoms with Gasteiger partial charge in [-0.15, -0.1) is 0 Å². The van der Waals surface area contributed by atoms with Gasteiger partial charge in [0.2, 0.25) is 0 Å². The summed E-state index contributed by atoms with van der Waals surface area (Å²) >= 11 is 0. The number of hydrogen-bond acceptors (Lipinski definition) is 2. The third-order valence-electron chi connectivity index (χ3n) is 0.681. The summed E-state index contributed by atoms with van der Waals surface area (Å²) < 4.78 is 4.60. The molecule has 0 aliphatic rings. The molecule has 0 aromatic carbocycles. The number of esters is 1. The topological polar surface area (TPSA) is 26.3 Å². The van der Waals surface area contributed by atoms with Crippen molar-refractivity contribution in [1.82, 2.24) is 0 Å². The Hall–Kier alpha value is -1.05. The first-order chi connectivity index (χ1) is 4.18. The van der Waals surface area contributed by atoms with Crippen molar-refractivity contribution in [2.24, 2.45) is 0 Å². The summed E-state index contributed by atoms with van der Waals surface area (Å²) in [7, 11) is 0. The van der Waals surface area contributed by atoms with Crippen LogP contribution >= 0.6 is 0 Å². The standard InChI is InChI=1S/C7H10O2.CH4/c1-4-5-9-7(8)6(2)3;/h4H,1-2,5H2,3H3;1H4. The molecule has 10 heavy (non-hydrogen) atoms. The van der Waals surface area contributed by atoms with Crippen molar-refractivity contribution in [3.63, 3.8) is 0 Å². The van der Waals surface area contributed by atoms with E-state index in [0.29, 0.717) is 5.57 Å². The third kappa shape index (κ3) is 5.09. The number of carbonyl (C=O) groups excluding carboxylic acids is 1. The Morgan fingerprint density at radius 3 is 2.50 bits per heavy atom. The van der Waals surface area contributed by atoms with Crippen LogP contribution in [0.1, 0.15) is 14.4 Å². The van der Waals surface area contributed by atoms with Gasteiger partial charge in [-0.05, 0) is 6.92 Å². The van der Waals surface area contributed by atoms with E-state index in [1.165, 1.54) is 6.08 Å². The van der Waals surface area contributed by atoms with Crippen LogP contribution in [0, 0.1) is 0 Å². The minimum atomic E-state index is -0.366. The van der Waals surface area contributed by atoms with Crippen molar-refractivity contribution < 1.29 is 9.53 Å². The molecule has 0 aliphatic heterocycles. The monoisotopic (exact) mass is 142 g/mol. The van der Waals surface area contributed by atoms with Gasteiger partial charge in [-0.25, -0.2) is 4.79 Å². The van der Waals surface area contributed by atoms with E-state index in [4.69, 9.17) is 0 Å². The molecule has 0 aromatic heterocycles. The number of carbonyl (C=O) groups is 1. The summed E-state index contributed by atoms with van der Waals surface area (Å²) in [6.07, 6.45) is 1.51. The lowest BCUT2D eigenvalue weighted by Gasteiger charge is -1.97. The van der Waals surface area contributed by atoms with Gasteiger partial charge in [0.15, 0.2) is 0 Å². The molecule has 0 saturated carbocycles. The molecule has 0 aliphatic carbocycles. The smallest absolute Gasteiger partial charge is 0.333 e. The molecule has 2 nitrogen and oxygen atoms in total. The van der Waals surface area contributed by atoms with Gasteiger partial charge in [0.25, 0.3) is 0 Å². The molecular weight excluding hydrogens is 128 g/mol. The first-order valence-corrected chi connectivity index (χ1v) is 2.62. The highest BCUT2D eigenvalue weighted by Crippen LogP contribution is 1.90. The fraction of sp³-hybridized carbons (Fsp3) is 0.375. The average Bonchev–Trinajstić information content (AvgIpc) is 1.82. The Labute approximate surface area is 62.2 Å². The molecule has 58 valence electrons. The molecule has 0 atom stereocenters. The second-order valence-corrected chi connectivity index (χ2v) is 1.67. The lowest BCUT2D eigenvalue weighted by Crippen LogP contribution is -2.03. The number of rotatable bonds is 3. The maximum absolute atomic E-state index is 10.5. The van der Waals surface area contributed by atoms with E-state index in [2.05, 4.69) is 17.9 Å². The number of ether oxygens (including phenoxy) is 1. The molecular formula is C8H14O2. The van der Waals surface area contributed by atoms with Crippen molar-refractivity contribution in [2.75, 3.05) is 6.61 Å². The van der Waals surface area contributed by atoms with Crippen molar-refractivity contribution in [1.29, 1.82) is 0 Å². The average molecular weight is 142 g/mol. The van der Waals surface area contributed by atoms with Crippen LogP contribution in [0.15, 0.2) is 24.8 Å². The first kappa shape index (κ1) is 11.7. The summed E-state index contributed by atoms with van der Waals surface area (Å²) in [5.41, 5.74) is 0.414. The maximum atomic E-state index is 10.5. The molecule has 0 amide bonds. The minimum absolute atomic E-state index is 0. The predicted octanol–water partition coefficient (Wildman–Crippen LogP) is 1.93. The van der Waals surface area contributed by atoms with Crippen molar-refractivity contribution in [3.05, 3.63) is 24.8 Å². The first-order valence-electron chi connectivity index (χ1n) is 2.62. The molecule has 0 saturated heterocycles. The van der Waals surface area contributed by atoms with Crippen molar-refractivity contribution in [3.8, 4) is 0 Å². The summed E-state index contributed by atoms with van der Waals surface area (Å²) in [5, 5.41) is 0. The molecule has 0 heterocycles. The zero-order valence-electron chi connectivity index (χ0n) is 5.52. The van der Waals surface area contributed by atoms with Gasteiger partial charge >= 0.3 is 5.97 Å². The van der Waals surface area contributed by atoms with E-state index in [0.717, 1.165) is 0 Å². The minimum Gasteiger partial charge on any atom is -0.458 e. The van der Waals surface area contributed by atoms with E-state index in [-0.39, 0.29) is 20.0 Å². The fourth-order valence-corrected chi connectivity index (χ4v) is 0.258. The zero-order chi connectivity index (χ0) is 7.28. The van der Waals surface area contributed by atoms with Gasteiger partial charge < -0.3 is 4.74 Å². The van der Waals surface area contributed by atoms with Crippen LogP contribution in [0.5, 0.6) is 0 Å². The largest absolute Gasteiger partial charge is 0.458 e. The van der Waals surface area contributed by atoms with E-state index >= 15 is 0 Å². The normalized spacial score (nSPS) is 7.30. The lowest BCUT2D eigenvalue weighted by atomic mass is 10.4. The molecule has 0 radical (unpaired) electrons. The summed E-state index contributed by atoms with van der Waals surface area (Å²) in [6, 6.07) is 0. The van der Waals surface area contributed by atoms with Crippen LogP contribution in [0.25, 0.3) is 0 Å². The van der Waals surface area contributed by atoms with Crippen LogP contribution < -0.4 is 0 Å². The SMILES string of the molecule is C.C=CCOC(=O)C(=C)C. The molecule has 0 N–H and O–H groups in total. The highest BCUT2D eigenvalue weighted by molar-refractivity contribution is 5.86. The van der Waals surface area contributed by atoms with Gasteiger partial charge in [0.1, 0.15) is 6.61 Å². The van der Waals surface area contributed by atoms with E-state index in [1.807, 2.05) is 0 Å². The van der Waals surface area contributed by atoms with E-state index < -0.39 is 0 Å². The summed E-state index contributed by atoms with van der Waals surface area (Å²) in [4.78, 5) is 10.5. The Morgan fingerprint density at radius 2 is 2.20 bits per heavy atom. The van der Waals surface area contributed by atoms with Crippen LogP contribution in [0.3, 0.4) is 0 Å². The Balaban J connectivity index is 0. The molecule has 0 aromatic rings. The van der Waals surface area contributed by atoms with Gasteiger partial charge in [0.05, 0.1) is 0 Å². The molecule has 0 spiro atoms. The summed E-state index contributed by atoms with van der Waals surface area (Å²) in [6.45, 7) is 8.64.